The summed E-state index contributed by atoms with van der Waals surface area (Å²) in [4.78, 5) is 0. The van der Waals surface area contributed by atoms with Crippen LogP contribution in [-0.2, 0) is 6.54 Å². The third-order valence-electron chi connectivity index (χ3n) is 2.06. The molecule has 2 N–H and O–H groups in total. The van der Waals surface area contributed by atoms with Crippen LogP contribution in [0.2, 0.25) is 0 Å². The van der Waals surface area contributed by atoms with E-state index in [0.29, 0.717) is 30.3 Å². The van der Waals surface area contributed by atoms with E-state index in [0.717, 1.165) is 0 Å². The van der Waals surface area contributed by atoms with Gasteiger partial charge in [-0.25, -0.2) is 9.87 Å². The van der Waals surface area contributed by atoms with Crippen LogP contribution >= 0.6 is 15.9 Å². The molecule has 0 aromatic heterocycles. The highest BCUT2D eigenvalue weighted by Crippen LogP contribution is 2.40. The summed E-state index contributed by atoms with van der Waals surface area (Å²) in [7, 11) is 0. The minimum absolute atomic E-state index is 0.0150. The first kappa shape index (κ1) is 10.7. The van der Waals surface area contributed by atoms with Gasteiger partial charge in [-0.05, 0) is 22.0 Å². The Morgan fingerprint density at radius 1 is 1.47 bits per heavy atom. The van der Waals surface area contributed by atoms with E-state index in [1.165, 1.54) is 6.07 Å². The number of hydrogen-bond acceptors (Lipinski definition) is 4. The summed E-state index contributed by atoms with van der Waals surface area (Å²) >= 11 is 3.10. The van der Waals surface area contributed by atoms with E-state index in [1.54, 1.807) is 0 Å². The molecule has 0 atom stereocenters. The third-order valence-corrected chi connectivity index (χ3v) is 2.77. The Morgan fingerprint density at radius 3 is 2.93 bits per heavy atom. The van der Waals surface area contributed by atoms with E-state index in [-0.39, 0.29) is 11.0 Å². The van der Waals surface area contributed by atoms with Gasteiger partial charge in [-0.1, -0.05) is 0 Å². The van der Waals surface area contributed by atoms with Crippen LogP contribution in [-0.4, -0.2) is 18.4 Å². The van der Waals surface area contributed by atoms with Crippen LogP contribution in [0.3, 0.4) is 0 Å². The molecule has 2 rings (SSSR count). The minimum atomic E-state index is -0.458. The van der Waals surface area contributed by atoms with Gasteiger partial charge in [-0.3, -0.25) is 0 Å². The molecule has 4 nitrogen and oxygen atoms in total. The van der Waals surface area contributed by atoms with Crippen molar-refractivity contribution in [2.75, 3.05) is 13.2 Å². The molecule has 0 saturated heterocycles. The largest absolute Gasteiger partial charge is 0.486 e. The Labute approximate surface area is 94.1 Å². The Kier molecular flexibility index (Phi) is 3.08. The van der Waals surface area contributed by atoms with E-state index in [4.69, 9.17) is 14.7 Å². The number of fused-ring (bicyclic) bond motifs is 1. The lowest BCUT2D eigenvalue weighted by atomic mass is 10.2. The summed E-state index contributed by atoms with van der Waals surface area (Å²) in [6.07, 6.45) is 0. The van der Waals surface area contributed by atoms with Crippen LogP contribution in [0.5, 0.6) is 11.5 Å². The number of ether oxygens (including phenoxy) is 2. The topological polar surface area (TPSA) is 50.7 Å². The van der Waals surface area contributed by atoms with Crippen LogP contribution in [0.25, 0.3) is 0 Å². The highest BCUT2D eigenvalue weighted by Gasteiger charge is 2.21. The first-order chi connectivity index (χ1) is 7.24. The molecule has 1 aromatic carbocycles. The van der Waals surface area contributed by atoms with Crippen LogP contribution < -0.4 is 15.0 Å². The average molecular weight is 278 g/mol. The highest BCUT2D eigenvalue weighted by molar-refractivity contribution is 9.10. The van der Waals surface area contributed by atoms with Crippen molar-refractivity contribution >= 4 is 15.9 Å². The molecule has 1 aromatic rings. The molecule has 0 unspecified atom stereocenters. The van der Waals surface area contributed by atoms with Gasteiger partial charge < -0.3 is 14.7 Å². The van der Waals surface area contributed by atoms with Crippen molar-refractivity contribution in [3.63, 3.8) is 0 Å². The zero-order chi connectivity index (χ0) is 10.8. The summed E-state index contributed by atoms with van der Waals surface area (Å²) in [5.41, 5.74) is 2.22. The summed E-state index contributed by atoms with van der Waals surface area (Å²) in [6, 6.07) is 1.51. The van der Waals surface area contributed by atoms with E-state index < -0.39 is 5.82 Å². The SMILES string of the molecule is ONCc1cc2c(c(Br)c1F)OCCO2. The van der Waals surface area contributed by atoms with E-state index in [1.807, 2.05) is 5.48 Å². The quantitative estimate of drug-likeness (QED) is 0.810. The van der Waals surface area contributed by atoms with Gasteiger partial charge in [0.1, 0.15) is 19.0 Å². The Balaban J connectivity index is 2.47. The summed E-state index contributed by atoms with van der Waals surface area (Å²) in [5.74, 6) is 0.404. The number of rotatable bonds is 2. The molecule has 0 fully saturated rings. The Morgan fingerprint density at radius 2 is 2.20 bits per heavy atom. The number of hydroxylamine groups is 1. The molecule has 0 aliphatic carbocycles. The van der Waals surface area contributed by atoms with E-state index in [2.05, 4.69) is 15.9 Å². The van der Waals surface area contributed by atoms with Gasteiger partial charge in [0.25, 0.3) is 0 Å². The molecule has 15 heavy (non-hydrogen) atoms. The lowest BCUT2D eigenvalue weighted by Crippen LogP contribution is -2.17. The second-order valence-corrected chi connectivity index (χ2v) is 3.82. The maximum atomic E-state index is 13.6. The van der Waals surface area contributed by atoms with Gasteiger partial charge in [-0.2, -0.15) is 0 Å². The van der Waals surface area contributed by atoms with Crippen molar-refractivity contribution in [3.8, 4) is 11.5 Å². The summed E-state index contributed by atoms with van der Waals surface area (Å²) in [6.45, 7) is 0.862. The smallest absolute Gasteiger partial charge is 0.178 e. The predicted octanol–water partition coefficient (Wildman–Crippen LogP) is 1.84. The molecule has 0 radical (unpaired) electrons. The maximum absolute atomic E-state index is 13.6. The molecule has 0 saturated carbocycles. The van der Waals surface area contributed by atoms with Crippen LogP contribution in [0.15, 0.2) is 10.5 Å². The van der Waals surface area contributed by atoms with Crippen molar-refractivity contribution in [2.45, 2.75) is 6.54 Å². The van der Waals surface area contributed by atoms with Crippen molar-refractivity contribution < 1.29 is 19.1 Å². The second-order valence-electron chi connectivity index (χ2n) is 3.02. The van der Waals surface area contributed by atoms with E-state index >= 15 is 0 Å². The molecule has 0 spiro atoms. The molecule has 82 valence electrons. The Bertz CT molecular complexity index is 386. The van der Waals surface area contributed by atoms with Gasteiger partial charge >= 0.3 is 0 Å². The zero-order valence-corrected chi connectivity index (χ0v) is 9.30. The first-order valence-electron chi connectivity index (χ1n) is 4.37. The monoisotopic (exact) mass is 277 g/mol. The van der Waals surface area contributed by atoms with Crippen molar-refractivity contribution in [1.82, 2.24) is 5.48 Å². The second kappa shape index (κ2) is 4.34. The lowest BCUT2D eigenvalue weighted by molar-refractivity contribution is 0.156. The standard InChI is InChI=1S/C9H9BrFNO3/c10-7-8(11)5(4-12-13)3-6-9(7)15-2-1-14-6/h3,12-13H,1-2,4H2. The highest BCUT2D eigenvalue weighted by atomic mass is 79.9. The average Bonchev–Trinajstić information content (AvgIpc) is 2.26. The molecule has 0 bridgehead atoms. The fourth-order valence-electron chi connectivity index (χ4n) is 1.39. The molecule has 6 heteroatoms. The maximum Gasteiger partial charge on any atom is 0.178 e. The first-order valence-corrected chi connectivity index (χ1v) is 5.16. The number of nitrogens with one attached hydrogen (secondary N) is 1. The van der Waals surface area contributed by atoms with Crippen LogP contribution in [0.4, 0.5) is 4.39 Å². The van der Waals surface area contributed by atoms with Gasteiger partial charge in [0.2, 0.25) is 0 Å². The minimum Gasteiger partial charge on any atom is -0.486 e. The zero-order valence-electron chi connectivity index (χ0n) is 7.72. The Hall–Kier alpha value is -0.850. The van der Waals surface area contributed by atoms with Gasteiger partial charge in [0.05, 0.1) is 4.47 Å². The fourth-order valence-corrected chi connectivity index (χ4v) is 1.95. The van der Waals surface area contributed by atoms with Gasteiger partial charge in [0, 0.05) is 12.1 Å². The third kappa shape index (κ3) is 1.92. The predicted molar refractivity (Wildman–Crippen MR) is 53.7 cm³/mol. The van der Waals surface area contributed by atoms with Gasteiger partial charge in [0.15, 0.2) is 11.5 Å². The van der Waals surface area contributed by atoms with E-state index in [9.17, 15) is 4.39 Å². The number of halogens is 2. The molecule has 1 aliphatic rings. The normalized spacial score (nSPS) is 14.1. The van der Waals surface area contributed by atoms with Crippen molar-refractivity contribution in [1.29, 1.82) is 0 Å². The van der Waals surface area contributed by atoms with Crippen molar-refractivity contribution in [2.24, 2.45) is 0 Å². The van der Waals surface area contributed by atoms with Crippen molar-refractivity contribution in [3.05, 3.63) is 21.9 Å². The molecule has 0 amide bonds. The summed E-state index contributed by atoms with van der Waals surface area (Å²) in [5, 5.41) is 8.54. The lowest BCUT2D eigenvalue weighted by Gasteiger charge is -2.21. The molecule has 1 aliphatic heterocycles. The van der Waals surface area contributed by atoms with Gasteiger partial charge in [-0.15, -0.1) is 0 Å². The summed E-state index contributed by atoms with van der Waals surface area (Å²) < 4.78 is 24.5. The van der Waals surface area contributed by atoms with Crippen LogP contribution in [0.1, 0.15) is 5.56 Å². The molecular formula is C9H9BrFNO3. The fraction of sp³-hybridized carbons (Fsp3) is 0.333. The number of benzene rings is 1. The van der Waals surface area contributed by atoms with Crippen LogP contribution in [0, 0.1) is 5.82 Å². The molecule has 1 heterocycles. The number of hydrogen-bond donors (Lipinski definition) is 2. The molecular weight excluding hydrogens is 269 g/mol.